The van der Waals surface area contributed by atoms with Crippen LogP contribution in [0.15, 0.2) is 30.3 Å². The lowest BCUT2D eigenvalue weighted by Crippen LogP contribution is -2.24. The largest absolute Gasteiger partial charge is 0.352 e. The SMILES string of the molecule is Cl.NCCCCCCCNC(=O)c1ccccc1. The molecule has 0 spiro atoms. The van der Waals surface area contributed by atoms with Crippen molar-refractivity contribution in [3.05, 3.63) is 35.9 Å². The standard InChI is InChI=1S/C14H22N2O.ClH/c15-11-7-2-1-3-8-12-16-14(17)13-9-5-4-6-10-13;/h4-6,9-10H,1-3,7-8,11-12,15H2,(H,16,17);1H. The zero-order valence-electron chi connectivity index (χ0n) is 10.7. The smallest absolute Gasteiger partial charge is 0.251 e. The number of carbonyl (C=O) groups is 1. The minimum Gasteiger partial charge on any atom is -0.352 e. The summed E-state index contributed by atoms with van der Waals surface area (Å²) < 4.78 is 0. The van der Waals surface area contributed by atoms with Crippen LogP contribution < -0.4 is 11.1 Å². The molecule has 0 unspecified atom stereocenters. The van der Waals surface area contributed by atoms with Gasteiger partial charge in [0.15, 0.2) is 0 Å². The van der Waals surface area contributed by atoms with Crippen molar-refractivity contribution in [2.45, 2.75) is 32.1 Å². The monoisotopic (exact) mass is 270 g/mol. The lowest BCUT2D eigenvalue weighted by molar-refractivity contribution is 0.0953. The van der Waals surface area contributed by atoms with Crippen LogP contribution in [0.3, 0.4) is 0 Å². The van der Waals surface area contributed by atoms with E-state index in [2.05, 4.69) is 5.32 Å². The molecule has 0 fully saturated rings. The molecule has 3 N–H and O–H groups in total. The third kappa shape index (κ3) is 7.30. The van der Waals surface area contributed by atoms with E-state index in [-0.39, 0.29) is 18.3 Å². The molecule has 1 aromatic rings. The average Bonchev–Trinajstić information content (AvgIpc) is 2.38. The Morgan fingerprint density at radius 3 is 2.28 bits per heavy atom. The molecule has 18 heavy (non-hydrogen) atoms. The van der Waals surface area contributed by atoms with Crippen molar-refractivity contribution in [3.8, 4) is 0 Å². The molecule has 0 aliphatic carbocycles. The Morgan fingerprint density at radius 1 is 1.00 bits per heavy atom. The van der Waals surface area contributed by atoms with E-state index >= 15 is 0 Å². The maximum atomic E-state index is 11.7. The first-order valence-electron chi connectivity index (χ1n) is 6.38. The van der Waals surface area contributed by atoms with Crippen molar-refractivity contribution in [1.82, 2.24) is 5.32 Å². The Morgan fingerprint density at radius 2 is 1.61 bits per heavy atom. The van der Waals surface area contributed by atoms with E-state index in [1.807, 2.05) is 30.3 Å². The number of rotatable bonds is 8. The van der Waals surface area contributed by atoms with Crippen LogP contribution in [0.5, 0.6) is 0 Å². The third-order valence-electron chi connectivity index (χ3n) is 2.70. The summed E-state index contributed by atoms with van der Waals surface area (Å²) in [5, 5.41) is 2.93. The van der Waals surface area contributed by atoms with Crippen LogP contribution in [0.4, 0.5) is 0 Å². The van der Waals surface area contributed by atoms with Crippen molar-refractivity contribution in [3.63, 3.8) is 0 Å². The molecular formula is C14H23ClN2O. The number of halogens is 1. The number of hydrogen-bond acceptors (Lipinski definition) is 2. The zero-order chi connectivity index (χ0) is 12.3. The van der Waals surface area contributed by atoms with Gasteiger partial charge in [-0.25, -0.2) is 0 Å². The molecule has 0 aromatic heterocycles. The highest BCUT2D eigenvalue weighted by molar-refractivity contribution is 5.94. The van der Waals surface area contributed by atoms with Crippen molar-refractivity contribution >= 4 is 18.3 Å². The molecule has 0 heterocycles. The third-order valence-corrected chi connectivity index (χ3v) is 2.70. The van der Waals surface area contributed by atoms with Crippen molar-refractivity contribution in [1.29, 1.82) is 0 Å². The van der Waals surface area contributed by atoms with Crippen LogP contribution in [0.25, 0.3) is 0 Å². The molecular weight excluding hydrogens is 248 g/mol. The van der Waals surface area contributed by atoms with E-state index in [0.717, 1.165) is 37.9 Å². The summed E-state index contributed by atoms with van der Waals surface area (Å²) in [6.45, 7) is 1.54. The van der Waals surface area contributed by atoms with E-state index in [1.165, 1.54) is 12.8 Å². The molecule has 4 heteroatoms. The summed E-state index contributed by atoms with van der Waals surface area (Å²) in [6, 6.07) is 9.32. The summed E-state index contributed by atoms with van der Waals surface area (Å²) in [6.07, 6.45) is 5.72. The van der Waals surface area contributed by atoms with Crippen molar-refractivity contribution < 1.29 is 4.79 Å². The minimum atomic E-state index is 0. The molecule has 0 saturated carbocycles. The molecule has 0 bridgehead atoms. The fourth-order valence-electron chi connectivity index (χ4n) is 1.69. The molecule has 0 aliphatic rings. The molecule has 1 rings (SSSR count). The lowest BCUT2D eigenvalue weighted by Gasteiger charge is -2.04. The number of hydrogen-bond donors (Lipinski definition) is 2. The van der Waals surface area contributed by atoms with Crippen molar-refractivity contribution in [2.75, 3.05) is 13.1 Å². The Balaban J connectivity index is 0.00000289. The molecule has 0 aliphatic heterocycles. The van der Waals surface area contributed by atoms with Crippen molar-refractivity contribution in [2.24, 2.45) is 5.73 Å². The Labute approximate surface area is 116 Å². The highest BCUT2D eigenvalue weighted by atomic mass is 35.5. The molecule has 0 saturated heterocycles. The zero-order valence-corrected chi connectivity index (χ0v) is 11.5. The van der Waals surface area contributed by atoms with Gasteiger partial charge in [0.25, 0.3) is 5.91 Å². The van der Waals surface area contributed by atoms with E-state index in [1.54, 1.807) is 0 Å². The van der Waals surface area contributed by atoms with Gasteiger partial charge in [0.05, 0.1) is 0 Å². The number of carbonyl (C=O) groups excluding carboxylic acids is 1. The highest BCUT2D eigenvalue weighted by Gasteiger charge is 2.02. The summed E-state index contributed by atoms with van der Waals surface area (Å²) in [7, 11) is 0. The fourth-order valence-corrected chi connectivity index (χ4v) is 1.69. The van der Waals surface area contributed by atoms with Crippen LogP contribution in [0.2, 0.25) is 0 Å². The fraction of sp³-hybridized carbons (Fsp3) is 0.500. The second-order valence-electron chi connectivity index (χ2n) is 4.18. The number of benzene rings is 1. The van der Waals surface area contributed by atoms with Crippen LogP contribution >= 0.6 is 12.4 Å². The highest BCUT2D eigenvalue weighted by Crippen LogP contribution is 2.02. The first-order chi connectivity index (χ1) is 8.34. The van der Waals surface area contributed by atoms with Gasteiger partial charge in [0.2, 0.25) is 0 Å². The van der Waals surface area contributed by atoms with Crippen LogP contribution in [0.1, 0.15) is 42.5 Å². The molecule has 0 radical (unpaired) electrons. The van der Waals surface area contributed by atoms with E-state index in [4.69, 9.17) is 5.73 Å². The lowest BCUT2D eigenvalue weighted by atomic mass is 10.1. The minimum absolute atomic E-state index is 0. The van der Waals surface area contributed by atoms with E-state index in [9.17, 15) is 4.79 Å². The quantitative estimate of drug-likeness (QED) is 0.714. The first-order valence-corrected chi connectivity index (χ1v) is 6.38. The van der Waals surface area contributed by atoms with Crippen LogP contribution in [-0.4, -0.2) is 19.0 Å². The topological polar surface area (TPSA) is 55.1 Å². The Kier molecular flexibility index (Phi) is 10.4. The van der Waals surface area contributed by atoms with Gasteiger partial charge in [-0.05, 0) is 31.5 Å². The number of nitrogens with one attached hydrogen (secondary N) is 1. The summed E-state index contributed by atoms with van der Waals surface area (Å²) >= 11 is 0. The molecule has 0 atom stereocenters. The molecule has 102 valence electrons. The number of nitrogens with two attached hydrogens (primary N) is 1. The summed E-state index contributed by atoms with van der Waals surface area (Å²) in [5.41, 5.74) is 6.15. The number of amides is 1. The Bertz CT molecular complexity index is 317. The Hall–Kier alpha value is -1.06. The maximum Gasteiger partial charge on any atom is 0.251 e. The van der Waals surface area contributed by atoms with Crippen LogP contribution in [-0.2, 0) is 0 Å². The summed E-state index contributed by atoms with van der Waals surface area (Å²) in [4.78, 5) is 11.7. The average molecular weight is 271 g/mol. The normalized spacial score (nSPS) is 9.61. The van der Waals surface area contributed by atoms with Gasteiger partial charge in [-0.2, -0.15) is 0 Å². The second kappa shape index (κ2) is 11.1. The summed E-state index contributed by atoms with van der Waals surface area (Å²) in [5.74, 6) is 0.0209. The van der Waals surface area contributed by atoms with Gasteiger partial charge in [0, 0.05) is 12.1 Å². The van der Waals surface area contributed by atoms with E-state index in [0.29, 0.717) is 0 Å². The van der Waals surface area contributed by atoms with Gasteiger partial charge < -0.3 is 11.1 Å². The van der Waals surface area contributed by atoms with Gasteiger partial charge in [-0.15, -0.1) is 12.4 Å². The van der Waals surface area contributed by atoms with Gasteiger partial charge >= 0.3 is 0 Å². The molecule has 1 amide bonds. The number of unbranched alkanes of at least 4 members (excludes halogenated alkanes) is 4. The van der Waals surface area contributed by atoms with Gasteiger partial charge in [-0.3, -0.25) is 4.79 Å². The van der Waals surface area contributed by atoms with Gasteiger partial charge in [-0.1, -0.05) is 37.5 Å². The molecule has 3 nitrogen and oxygen atoms in total. The van der Waals surface area contributed by atoms with Crippen LogP contribution in [0, 0.1) is 0 Å². The second-order valence-corrected chi connectivity index (χ2v) is 4.18. The maximum absolute atomic E-state index is 11.7. The van der Waals surface area contributed by atoms with Gasteiger partial charge in [0.1, 0.15) is 0 Å². The first kappa shape index (κ1) is 16.9. The molecule has 1 aromatic carbocycles. The predicted molar refractivity (Wildman–Crippen MR) is 78.2 cm³/mol. The predicted octanol–water partition coefficient (Wildman–Crippen LogP) is 2.75. The van der Waals surface area contributed by atoms with E-state index < -0.39 is 0 Å².